The Hall–Kier alpha value is 0.110. The van der Waals surface area contributed by atoms with E-state index in [9.17, 15) is 0 Å². The standard InChI is InChI=1S/C3H8N2S.ClH/c1-6-2-3(4)5;/h2H2,1H3,(H3,4,5);1H. The lowest BCUT2D eigenvalue weighted by Crippen LogP contribution is -2.11. The molecule has 2 nitrogen and oxygen atoms in total. The van der Waals surface area contributed by atoms with Gasteiger partial charge in [-0.2, -0.15) is 11.8 Å². The molecule has 4 heteroatoms. The summed E-state index contributed by atoms with van der Waals surface area (Å²) < 4.78 is 0. The van der Waals surface area contributed by atoms with E-state index >= 15 is 0 Å². The summed E-state index contributed by atoms with van der Waals surface area (Å²) in [6.45, 7) is 0. The van der Waals surface area contributed by atoms with Crippen LogP contribution in [0.3, 0.4) is 0 Å². The molecule has 0 aliphatic rings. The van der Waals surface area contributed by atoms with Crippen LogP contribution in [0, 0.1) is 5.41 Å². The highest BCUT2D eigenvalue weighted by Gasteiger charge is 1.79. The molecule has 44 valence electrons. The first-order valence-electron chi connectivity index (χ1n) is 1.59. The smallest absolute Gasteiger partial charge is 0.101 e. The molecule has 0 aromatic carbocycles. The molecule has 7 heavy (non-hydrogen) atoms. The van der Waals surface area contributed by atoms with Crippen LogP contribution in [0.5, 0.6) is 0 Å². The predicted octanol–water partition coefficient (Wildman–Crippen LogP) is 0.707. The molecule has 0 atom stereocenters. The molecule has 0 aliphatic carbocycles. The number of halogens is 1. The normalized spacial score (nSPS) is 7.00. The minimum absolute atomic E-state index is 0. The van der Waals surface area contributed by atoms with Crippen molar-refractivity contribution in [1.29, 1.82) is 5.41 Å². The summed E-state index contributed by atoms with van der Waals surface area (Å²) >= 11 is 1.56. The number of thioether (sulfide) groups is 1. The zero-order valence-corrected chi connectivity index (χ0v) is 5.73. The van der Waals surface area contributed by atoms with Gasteiger partial charge in [-0.25, -0.2) is 0 Å². The second kappa shape index (κ2) is 6.11. The van der Waals surface area contributed by atoms with Crippen molar-refractivity contribution in [3.05, 3.63) is 0 Å². The zero-order chi connectivity index (χ0) is 4.99. The fraction of sp³-hybridized carbons (Fsp3) is 0.667. The van der Waals surface area contributed by atoms with E-state index in [4.69, 9.17) is 11.1 Å². The molecular formula is C3H9ClN2S. The van der Waals surface area contributed by atoms with E-state index in [1.807, 2.05) is 6.26 Å². The number of hydrogen-bond donors (Lipinski definition) is 2. The number of hydrogen-bond acceptors (Lipinski definition) is 2. The molecular weight excluding hydrogens is 132 g/mol. The fourth-order valence-electron chi connectivity index (χ4n) is 0.156. The van der Waals surface area contributed by atoms with Gasteiger partial charge >= 0.3 is 0 Å². The van der Waals surface area contributed by atoms with Crippen molar-refractivity contribution in [2.45, 2.75) is 0 Å². The van der Waals surface area contributed by atoms with E-state index in [1.165, 1.54) is 0 Å². The molecule has 0 spiro atoms. The summed E-state index contributed by atoms with van der Waals surface area (Å²) in [4.78, 5) is 0. The molecule has 3 N–H and O–H groups in total. The zero-order valence-electron chi connectivity index (χ0n) is 4.10. The van der Waals surface area contributed by atoms with Gasteiger partial charge < -0.3 is 5.73 Å². The van der Waals surface area contributed by atoms with Gasteiger partial charge in [-0.15, -0.1) is 12.4 Å². The van der Waals surface area contributed by atoms with Crippen LogP contribution in [0.2, 0.25) is 0 Å². The largest absolute Gasteiger partial charge is 0.387 e. The van der Waals surface area contributed by atoms with Gasteiger partial charge in [-0.05, 0) is 6.26 Å². The Labute approximate surface area is 53.8 Å². The topological polar surface area (TPSA) is 49.9 Å². The Balaban J connectivity index is 0. The number of nitrogens with two attached hydrogens (primary N) is 1. The third kappa shape index (κ3) is 10.7. The molecule has 0 heterocycles. The molecule has 0 saturated heterocycles. The average Bonchev–Trinajstić information content (AvgIpc) is 1.35. The van der Waals surface area contributed by atoms with E-state index in [2.05, 4.69) is 0 Å². The van der Waals surface area contributed by atoms with Crippen LogP contribution in [0.4, 0.5) is 0 Å². The van der Waals surface area contributed by atoms with Gasteiger partial charge in [0.05, 0.1) is 5.75 Å². The lowest BCUT2D eigenvalue weighted by molar-refractivity contribution is 1.43. The monoisotopic (exact) mass is 140 g/mol. The van der Waals surface area contributed by atoms with Gasteiger partial charge in [0.2, 0.25) is 0 Å². The molecule has 0 fully saturated rings. The third-order valence-electron chi connectivity index (χ3n) is 0.300. The SMILES string of the molecule is CSCC(=N)N.Cl. The maximum absolute atomic E-state index is 6.65. The molecule has 0 radical (unpaired) electrons. The summed E-state index contributed by atoms with van der Waals surface area (Å²) in [7, 11) is 0. The van der Waals surface area contributed by atoms with Crippen LogP contribution >= 0.6 is 24.2 Å². The van der Waals surface area contributed by atoms with Gasteiger partial charge in [0.1, 0.15) is 5.84 Å². The Morgan fingerprint density at radius 3 is 2.29 bits per heavy atom. The fourth-order valence-corrected chi connectivity index (χ4v) is 0.467. The highest BCUT2D eigenvalue weighted by atomic mass is 35.5. The van der Waals surface area contributed by atoms with Gasteiger partial charge in [0.15, 0.2) is 0 Å². The molecule has 0 saturated carbocycles. The molecule has 0 rings (SSSR count). The van der Waals surface area contributed by atoms with E-state index in [0.29, 0.717) is 5.75 Å². The Kier molecular flexibility index (Phi) is 8.87. The van der Waals surface area contributed by atoms with Gasteiger partial charge in [0.25, 0.3) is 0 Å². The van der Waals surface area contributed by atoms with Crippen LogP contribution < -0.4 is 5.73 Å². The van der Waals surface area contributed by atoms with E-state index in [0.717, 1.165) is 0 Å². The molecule has 0 unspecified atom stereocenters. The number of rotatable bonds is 2. The van der Waals surface area contributed by atoms with Crippen molar-refractivity contribution in [3.63, 3.8) is 0 Å². The van der Waals surface area contributed by atoms with Crippen LogP contribution in [0.15, 0.2) is 0 Å². The highest BCUT2D eigenvalue weighted by Crippen LogP contribution is 1.86. The molecule has 0 aromatic rings. The lowest BCUT2D eigenvalue weighted by Gasteiger charge is -1.86. The van der Waals surface area contributed by atoms with Crippen molar-refractivity contribution in [2.75, 3.05) is 12.0 Å². The van der Waals surface area contributed by atoms with Crippen molar-refractivity contribution in [3.8, 4) is 0 Å². The van der Waals surface area contributed by atoms with Gasteiger partial charge in [-0.3, -0.25) is 5.41 Å². The maximum Gasteiger partial charge on any atom is 0.101 e. The van der Waals surface area contributed by atoms with Crippen LogP contribution in [-0.4, -0.2) is 17.8 Å². The first kappa shape index (κ1) is 10.2. The molecule has 0 bridgehead atoms. The van der Waals surface area contributed by atoms with Crippen LogP contribution in [-0.2, 0) is 0 Å². The average molecular weight is 141 g/mol. The first-order valence-corrected chi connectivity index (χ1v) is 2.98. The molecule has 0 aliphatic heterocycles. The summed E-state index contributed by atoms with van der Waals surface area (Å²) in [6, 6.07) is 0. The molecule has 0 aromatic heterocycles. The summed E-state index contributed by atoms with van der Waals surface area (Å²) in [6.07, 6.45) is 1.92. The van der Waals surface area contributed by atoms with Crippen molar-refractivity contribution in [2.24, 2.45) is 5.73 Å². The molecule has 0 amide bonds. The van der Waals surface area contributed by atoms with Crippen molar-refractivity contribution >= 4 is 30.0 Å². The van der Waals surface area contributed by atoms with Crippen molar-refractivity contribution < 1.29 is 0 Å². The lowest BCUT2D eigenvalue weighted by atomic mass is 10.7. The van der Waals surface area contributed by atoms with E-state index in [1.54, 1.807) is 11.8 Å². The predicted molar refractivity (Wildman–Crippen MR) is 37.5 cm³/mol. The minimum atomic E-state index is 0. The summed E-state index contributed by atoms with van der Waals surface area (Å²) in [5.41, 5.74) is 4.97. The van der Waals surface area contributed by atoms with Gasteiger partial charge in [0, 0.05) is 0 Å². The van der Waals surface area contributed by atoms with Crippen LogP contribution in [0.25, 0.3) is 0 Å². The van der Waals surface area contributed by atoms with E-state index < -0.39 is 0 Å². The quantitative estimate of drug-likeness (QED) is 0.439. The summed E-state index contributed by atoms with van der Waals surface area (Å²) in [5, 5.41) is 6.65. The Morgan fingerprint density at radius 1 is 1.86 bits per heavy atom. The Morgan fingerprint density at radius 2 is 2.29 bits per heavy atom. The van der Waals surface area contributed by atoms with Crippen LogP contribution in [0.1, 0.15) is 0 Å². The van der Waals surface area contributed by atoms with Gasteiger partial charge in [-0.1, -0.05) is 0 Å². The first-order chi connectivity index (χ1) is 2.77. The third-order valence-corrected chi connectivity index (χ3v) is 0.900. The number of nitrogens with one attached hydrogen (secondary N) is 1. The maximum atomic E-state index is 6.65. The second-order valence-electron chi connectivity index (χ2n) is 0.958. The van der Waals surface area contributed by atoms with E-state index in [-0.39, 0.29) is 18.2 Å². The van der Waals surface area contributed by atoms with Crippen molar-refractivity contribution in [1.82, 2.24) is 0 Å². The summed E-state index contributed by atoms with van der Waals surface area (Å²) in [5.74, 6) is 0.905. The minimum Gasteiger partial charge on any atom is -0.387 e. The second-order valence-corrected chi connectivity index (χ2v) is 1.82. The number of amidine groups is 1. The Bertz CT molecular complexity index is 56.9. The highest BCUT2D eigenvalue weighted by molar-refractivity contribution is 7.99.